The molecule has 6 heteroatoms. The lowest BCUT2D eigenvalue weighted by molar-refractivity contribution is -0.117. The molecule has 0 spiro atoms. The zero-order valence-electron chi connectivity index (χ0n) is 9.40. The molecule has 0 aromatic carbocycles. The van der Waals surface area contributed by atoms with Crippen LogP contribution in [0.4, 0.5) is 5.69 Å². The van der Waals surface area contributed by atoms with Crippen LogP contribution in [0.2, 0.25) is 5.15 Å². The Labute approximate surface area is 104 Å². The van der Waals surface area contributed by atoms with Crippen molar-refractivity contribution in [1.82, 2.24) is 10.3 Å². The molecule has 2 atom stereocenters. The van der Waals surface area contributed by atoms with E-state index in [9.17, 15) is 9.90 Å². The second kappa shape index (κ2) is 5.00. The lowest BCUT2D eigenvalue weighted by Crippen LogP contribution is -2.35. The fourth-order valence-corrected chi connectivity index (χ4v) is 2.05. The molecule has 1 amide bonds. The molecule has 3 N–H and O–H groups in total. The number of carbonyl (C=O) groups is 1. The molecule has 2 unspecified atom stereocenters. The molecule has 1 aliphatic rings. The molecule has 5 nitrogen and oxygen atoms in total. The highest BCUT2D eigenvalue weighted by Crippen LogP contribution is 2.23. The van der Waals surface area contributed by atoms with Gasteiger partial charge in [-0.25, -0.2) is 4.98 Å². The summed E-state index contributed by atoms with van der Waals surface area (Å²) < 4.78 is 0. The van der Waals surface area contributed by atoms with Crippen LogP contribution in [0.3, 0.4) is 0 Å². The minimum Gasteiger partial charge on any atom is -0.392 e. The van der Waals surface area contributed by atoms with Gasteiger partial charge >= 0.3 is 0 Å². The van der Waals surface area contributed by atoms with Crippen molar-refractivity contribution in [3.05, 3.63) is 23.0 Å². The van der Waals surface area contributed by atoms with Gasteiger partial charge in [-0.05, 0) is 25.0 Å². The third-order valence-electron chi connectivity index (χ3n) is 2.79. The Kier molecular flexibility index (Phi) is 3.61. The molecular weight excluding hydrogens is 242 g/mol. The summed E-state index contributed by atoms with van der Waals surface area (Å²) in [6, 6.07) is 1.40. The number of pyridine rings is 1. The summed E-state index contributed by atoms with van der Waals surface area (Å²) in [6.07, 6.45) is 1.55. The van der Waals surface area contributed by atoms with E-state index in [1.807, 2.05) is 6.92 Å². The fraction of sp³-hybridized carbons (Fsp3) is 0.455. The Morgan fingerprint density at radius 2 is 2.47 bits per heavy atom. The van der Waals surface area contributed by atoms with Crippen LogP contribution in [-0.4, -0.2) is 34.7 Å². The molecule has 0 bridgehead atoms. The van der Waals surface area contributed by atoms with Gasteiger partial charge in [0.25, 0.3) is 0 Å². The first-order chi connectivity index (χ1) is 8.08. The minimum absolute atomic E-state index is 0.195. The molecule has 1 fully saturated rings. The Hall–Kier alpha value is -1.17. The van der Waals surface area contributed by atoms with Crippen molar-refractivity contribution in [3.63, 3.8) is 0 Å². The third kappa shape index (κ3) is 2.74. The van der Waals surface area contributed by atoms with Crippen molar-refractivity contribution in [1.29, 1.82) is 0 Å². The molecule has 1 aromatic heterocycles. The second-order valence-corrected chi connectivity index (χ2v) is 4.49. The van der Waals surface area contributed by atoms with Crippen molar-refractivity contribution in [2.75, 3.05) is 11.9 Å². The topological polar surface area (TPSA) is 74.2 Å². The van der Waals surface area contributed by atoms with E-state index in [0.29, 0.717) is 18.7 Å². The SMILES string of the molecule is Cc1ccnc(Cl)c1NC(=O)C1CC(O)CN1. The third-order valence-corrected chi connectivity index (χ3v) is 3.07. The Balaban J connectivity index is 2.08. The number of amides is 1. The number of aliphatic hydroxyl groups is 1. The summed E-state index contributed by atoms with van der Waals surface area (Å²) in [5, 5.41) is 15.3. The van der Waals surface area contributed by atoms with E-state index in [1.54, 1.807) is 12.3 Å². The van der Waals surface area contributed by atoms with E-state index >= 15 is 0 Å². The summed E-state index contributed by atoms with van der Waals surface area (Å²) in [7, 11) is 0. The fourth-order valence-electron chi connectivity index (χ4n) is 1.80. The van der Waals surface area contributed by atoms with E-state index in [2.05, 4.69) is 15.6 Å². The van der Waals surface area contributed by atoms with Crippen LogP contribution in [0.5, 0.6) is 0 Å². The number of halogens is 1. The molecule has 2 rings (SSSR count). The largest absolute Gasteiger partial charge is 0.392 e. The zero-order chi connectivity index (χ0) is 12.4. The smallest absolute Gasteiger partial charge is 0.241 e. The molecular formula is C11H14ClN3O2. The molecule has 1 aliphatic heterocycles. The number of aliphatic hydroxyl groups excluding tert-OH is 1. The summed E-state index contributed by atoms with van der Waals surface area (Å²) in [5.41, 5.74) is 1.39. The van der Waals surface area contributed by atoms with Crippen molar-refractivity contribution >= 4 is 23.2 Å². The number of β-amino-alcohol motifs (C(OH)–C–C–N with tert-alkyl or cyclic N) is 1. The molecule has 0 radical (unpaired) electrons. The molecule has 92 valence electrons. The number of rotatable bonds is 2. The van der Waals surface area contributed by atoms with Gasteiger partial charge in [0.2, 0.25) is 5.91 Å². The number of anilines is 1. The van der Waals surface area contributed by atoms with Gasteiger partial charge in [-0.1, -0.05) is 11.6 Å². The highest BCUT2D eigenvalue weighted by atomic mass is 35.5. The molecule has 17 heavy (non-hydrogen) atoms. The van der Waals surface area contributed by atoms with Gasteiger partial charge in [-0.15, -0.1) is 0 Å². The van der Waals surface area contributed by atoms with Crippen molar-refractivity contribution < 1.29 is 9.90 Å². The van der Waals surface area contributed by atoms with E-state index in [0.717, 1.165) is 5.56 Å². The van der Waals surface area contributed by atoms with Crippen LogP contribution < -0.4 is 10.6 Å². The quantitative estimate of drug-likeness (QED) is 0.681. The highest BCUT2D eigenvalue weighted by molar-refractivity contribution is 6.32. The van der Waals surface area contributed by atoms with Gasteiger partial charge in [0.15, 0.2) is 5.15 Å². The van der Waals surface area contributed by atoms with Gasteiger partial charge in [0.05, 0.1) is 17.8 Å². The first-order valence-electron chi connectivity index (χ1n) is 5.41. The van der Waals surface area contributed by atoms with Crippen molar-refractivity contribution in [3.8, 4) is 0 Å². The van der Waals surface area contributed by atoms with Crippen LogP contribution in [-0.2, 0) is 4.79 Å². The van der Waals surface area contributed by atoms with Crippen LogP contribution in [0.15, 0.2) is 12.3 Å². The number of hydrogen-bond acceptors (Lipinski definition) is 4. The van der Waals surface area contributed by atoms with E-state index in [1.165, 1.54) is 0 Å². The standard InChI is InChI=1S/C11H14ClN3O2/c1-6-2-3-13-10(12)9(6)15-11(17)8-4-7(16)5-14-8/h2-3,7-8,14,16H,4-5H2,1H3,(H,15,17). The number of nitrogens with zero attached hydrogens (tertiary/aromatic N) is 1. The number of hydrogen-bond donors (Lipinski definition) is 3. The van der Waals surface area contributed by atoms with Crippen LogP contribution in [0.1, 0.15) is 12.0 Å². The predicted molar refractivity (Wildman–Crippen MR) is 65.0 cm³/mol. The van der Waals surface area contributed by atoms with Crippen LogP contribution in [0.25, 0.3) is 0 Å². The van der Waals surface area contributed by atoms with Gasteiger partial charge < -0.3 is 15.7 Å². The van der Waals surface area contributed by atoms with Crippen molar-refractivity contribution in [2.45, 2.75) is 25.5 Å². The number of aryl methyl sites for hydroxylation is 1. The van der Waals surface area contributed by atoms with Gasteiger partial charge in [-0.3, -0.25) is 4.79 Å². The van der Waals surface area contributed by atoms with E-state index < -0.39 is 6.10 Å². The van der Waals surface area contributed by atoms with Crippen molar-refractivity contribution in [2.24, 2.45) is 0 Å². The highest BCUT2D eigenvalue weighted by Gasteiger charge is 2.28. The number of aromatic nitrogens is 1. The van der Waals surface area contributed by atoms with Gasteiger partial charge in [-0.2, -0.15) is 0 Å². The molecule has 0 saturated carbocycles. The lowest BCUT2D eigenvalue weighted by Gasteiger charge is -2.13. The van der Waals surface area contributed by atoms with Crippen LogP contribution in [0, 0.1) is 6.92 Å². The van der Waals surface area contributed by atoms with E-state index in [-0.39, 0.29) is 17.1 Å². The Morgan fingerprint density at radius 3 is 3.06 bits per heavy atom. The average molecular weight is 256 g/mol. The lowest BCUT2D eigenvalue weighted by atomic mass is 10.2. The Bertz CT molecular complexity index is 418. The maximum atomic E-state index is 11.9. The normalized spacial score (nSPS) is 23.7. The summed E-state index contributed by atoms with van der Waals surface area (Å²) >= 11 is 5.91. The molecule has 0 aliphatic carbocycles. The first-order valence-corrected chi connectivity index (χ1v) is 5.79. The second-order valence-electron chi connectivity index (χ2n) is 4.13. The predicted octanol–water partition coefficient (Wildman–Crippen LogP) is 0.705. The zero-order valence-corrected chi connectivity index (χ0v) is 10.2. The first kappa shape index (κ1) is 12.3. The number of nitrogens with one attached hydrogen (secondary N) is 2. The minimum atomic E-state index is -0.462. The summed E-state index contributed by atoms with van der Waals surface area (Å²) in [5.74, 6) is -0.195. The Morgan fingerprint density at radius 1 is 1.71 bits per heavy atom. The summed E-state index contributed by atoms with van der Waals surface area (Å²) in [4.78, 5) is 15.8. The maximum Gasteiger partial charge on any atom is 0.241 e. The monoisotopic (exact) mass is 255 g/mol. The van der Waals surface area contributed by atoms with E-state index in [4.69, 9.17) is 11.6 Å². The van der Waals surface area contributed by atoms with Crippen LogP contribution >= 0.6 is 11.6 Å². The number of carbonyl (C=O) groups excluding carboxylic acids is 1. The maximum absolute atomic E-state index is 11.9. The average Bonchev–Trinajstić information content (AvgIpc) is 2.70. The molecule has 1 saturated heterocycles. The van der Waals surface area contributed by atoms with Gasteiger partial charge in [0.1, 0.15) is 0 Å². The molecule has 2 heterocycles. The molecule has 1 aromatic rings. The van der Waals surface area contributed by atoms with Gasteiger partial charge in [0, 0.05) is 12.7 Å². The summed E-state index contributed by atoms with van der Waals surface area (Å²) in [6.45, 7) is 2.29.